The summed E-state index contributed by atoms with van der Waals surface area (Å²) in [5, 5.41) is 1.09. The maximum atomic E-state index is 13.0. The Morgan fingerprint density at radius 2 is 1.82 bits per heavy atom. The van der Waals surface area contributed by atoms with Crippen molar-refractivity contribution in [2.24, 2.45) is 0 Å². The number of benzene rings is 2. The number of likely N-dealkylation sites (N-methyl/N-ethyl adjacent to an activating group) is 1. The second-order valence-corrected chi connectivity index (χ2v) is 9.61. The number of rotatable bonds is 10. The van der Waals surface area contributed by atoms with E-state index in [1.54, 1.807) is 7.11 Å². The summed E-state index contributed by atoms with van der Waals surface area (Å²) < 4.78 is 0. The topological polar surface area (TPSA) is 44.8 Å². The Hall–Kier alpha value is -2.05. The molecule has 3 rings (SSSR count). The van der Waals surface area contributed by atoms with Crippen LogP contribution in [-0.2, 0) is 4.84 Å². The van der Waals surface area contributed by atoms with Crippen LogP contribution in [0.1, 0.15) is 54.4 Å². The second-order valence-electron chi connectivity index (χ2n) is 8.79. The normalized spacial score (nSPS) is 15.1. The lowest BCUT2D eigenvalue weighted by molar-refractivity contribution is 0.0782. The monoisotopic (exact) mass is 503 g/mol. The van der Waals surface area contributed by atoms with Crippen LogP contribution >= 0.6 is 23.2 Å². The molecule has 1 aliphatic rings. The Kier molecular flexibility index (Phi) is 10.3. The quantitative estimate of drug-likeness (QED) is 0.394. The molecule has 7 heteroatoms. The third-order valence-electron chi connectivity index (χ3n) is 6.54. The SMILES string of the molecule is CCC(NOC)=C1CCN(CCC(CN(C)C(=O)c2ccccc2)c2ccc(Cl)c(Cl)c2)CC1. The van der Waals surface area contributed by atoms with Gasteiger partial charge in [-0.2, -0.15) is 0 Å². The van der Waals surface area contributed by atoms with E-state index in [1.165, 1.54) is 11.3 Å². The van der Waals surface area contributed by atoms with Gasteiger partial charge >= 0.3 is 0 Å². The number of nitrogens with one attached hydrogen (secondary N) is 1. The number of nitrogens with zero attached hydrogens (tertiary/aromatic N) is 2. The fourth-order valence-corrected chi connectivity index (χ4v) is 4.86. The van der Waals surface area contributed by atoms with Gasteiger partial charge in [-0.05, 0) is 67.6 Å². The summed E-state index contributed by atoms with van der Waals surface area (Å²) in [7, 11) is 3.53. The number of hydrogen-bond donors (Lipinski definition) is 1. The van der Waals surface area contributed by atoms with E-state index in [9.17, 15) is 4.79 Å². The van der Waals surface area contributed by atoms with Gasteiger partial charge in [0.15, 0.2) is 0 Å². The average molecular weight is 505 g/mol. The molecule has 1 fully saturated rings. The second kappa shape index (κ2) is 13.1. The minimum Gasteiger partial charge on any atom is -0.341 e. The van der Waals surface area contributed by atoms with E-state index in [0.717, 1.165) is 50.9 Å². The van der Waals surface area contributed by atoms with Crippen molar-refractivity contribution in [3.8, 4) is 0 Å². The fraction of sp³-hybridized carbons (Fsp3) is 0.444. The van der Waals surface area contributed by atoms with Crippen molar-refractivity contribution in [3.63, 3.8) is 0 Å². The highest BCUT2D eigenvalue weighted by Gasteiger charge is 2.22. The Morgan fingerprint density at radius 3 is 2.44 bits per heavy atom. The van der Waals surface area contributed by atoms with E-state index in [-0.39, 0.29) is 11.8 Å². The lowest BCUT2D eigenvalue weighted by Crippen LogP contribution is -2.35. The molecule has 1 amide bonds. The van der Waals surface area contributed by atoms with Crippen LogP contribution in [-0.4, -0.2) is 56.0 Å². The summed E-state index contributed by atoms with van der Waals surface area (Å²) in [5.74, 6) is 0.182. The molecular formula is C27H35Cl2N3O2. The molecule has 1 saturated heterocycles. The van der Waals surface area contributed by atoms with Gasteiger partial charge in [-0.15, -0.1) is 0 Å². The van der Waals surface area contributed by atoms with Gasteiger partial charge in [0.25, 0.3) is 5.91 Å². The molecule has 1 heterocycles. The number of allylic oxidation sites excluding steroid dienone is 1. The van der Waals surface area contributed by atoms with E-state index >= 15 is 0 Å². The zero-order chi connectivity index (χ0) is 24.5. The van der Waals surface area contributed by atoms with Gasteiger partial charge in [-0.25, -0.2) is 0 Å². The van der Waals surface area contributed by atoms with Crippen molar-refractivity contribution in [2.45, 2.75) is 38.5 Å². The summed E-state index contributed by atoms with van der Waals surface area (Å²) in [6.45, 7) is 5.77. The van der Waals surface area contributed by atoms with Gasteiger partial charge in [-0.1, -0.05) is 54.4 Å². The molecule has 1 aliphatic heterocycles. The molecule has 5 nitrogen and oxygen atoms in total. The van der Waals surface area contributed by atoms with Gasteiger partial charge in [0.2, 0.25) is 0 Å². The summed E-state index contributed by atoms with van der Waals surface area (Å²) in [5.41, 5.74) is 7.51. The number of hydrogen-bond acceptors (Lipinski definition) is 4. The first-order chi connectivity index (χ1) is 16.4. The van der Waals surface area contributed by atoms with E-state index in [2.05, 4.69) is 17.3 Å². The zero-order valence-corrected chi connectivity index (χ0v) is 21.8. The minimum atomic E-state index is 0.0242. The van der Waals surface area contributed by atoms with Crippen LogP contribution in [0.5, 0.6) is 0 Å². The summed E-state index contributed by atoms with van der Waals surface area (Å²) in [4.78, 5) is 22.4. The molecule has 0 aromatic heterocycles. The first-order valence-electron chi connectivity index (χ1n) is 11.9. The Balaban J connectivity index is 1.67. The molecule has 184 valence electrons. The van der Waals surface area contributed by atoms with Crippen molar-refractivity contribution >= 4 is 29.1 Å². The molecule has 2 aromatic rings. The number of carbonyl (C=O) groups is 1. The zero-order valence-electron chi connectivity index (χ0n) is 20.3. The van der Waals surface area contributed by atoms with Crippen molar-refractivity contribution in [1.29, 1.82) is 0 Å². The smallest absolute Gasteiger partial charge is 0.253 e. The highest BCUT2D eigenvalue weighted by Crippen LogP contribution is 2.30. The molecule has 0 aliphatic carbocycles. The third kappa shape index (κ3) is 7.22. The molecule has 1 atom stereocenters. The standard InChI is InChI=1S/C27H35Cl2N3O2/c1-4-26(30-34-3)20-12-15-32(16-13-20)17-14-23(22-10-11-24(28)25(29)18-22)19-31(2)27(33)21-8-6-5-7-9-21/h5-11,18,23,30H,4,12-17,19H2,1-3H3. The molecular weight excluding hydrogens is 469 g/mol. The Labute approximate surface area is 213 Å². The summed E-state index contributed by atoms with van der Waals surface area (Å²) in [6.07, 6.45) is 3.97. The number of likely N-dealkylation sites (tertiary alicyclic amines) is 1. The summed E-state index contributed by atoms with van der Waals surface area (Å²) >= 11 is 12.5. The van der Waals surface area contributed by atoms with Crippen molar-refractivity contribution in [3.05, 3.63) is 81.0 Å². The third-order valence-corrected chi connectivity index (χ3v) is 7.27. The van der Waals surface area contributed by atoms with Crippen LogP contribution in [0.3, 0.4) is 0 Å². The number of piperidine rings is 1. The number of hydroxylamine groups is 1. The largest absolute Gasteiger partial charge is 0.341 e. The van der Waals surface area contributed by atoms with Gasteiger partial charge in [0.05, 0.1) is 17.2 Å². The molecule has 0 radical (unpaired) electrons. The highest BCUT2D eigenvalue weighted by atomic mass is 35.5. The average Bonchev–Trinajstić information content (AvgIpc) is 2.87. The van der Waals surface area contributed by atoms with Gasteiger partial charge < -0.3 is 9.80 Å². The summed E-state index contributed by atoms with van der Waals surface area (Å²) in [6, 6.07) is 15.2. The lowest BCUT2D eigenvalue weighted by Gasteiger charge is -2.32. The molecule has 34 heavy (non-hydrogen) atoms. The lowest BCUT2D eigenvalue weighted by atomic mass is 9.93. The van der Waals surface area contributed by atoms with Gasteiger partial charge in [-0.3, -0.25) is 15.1 Å². The van der Waals surface area contributed by atoms with E-state index in [1.807, 2.05) is 60.5 Å². The van der Waals surface area contributed by atoms with E-state index in [4.69, 9.17) is 28.0 Å². The molecule has 0 bridgehead atoms. The maximum absolute atomic E-state index is 13.0. The fourth-order valence-electron chi connectivity index (χ4n) is 4.55. The van der Waals surface area contributed by atoms with Crippen LogP contribution in [0, 0.1) is 0 Å². The van der Waals surface area contributed by atoms with Crippen LogP contribution < -0.4 is 5.48 Å². The van der Waals surface area contributed by atoms with Crippen LogP contribution in [0.4, 0.5) is 0 Å². The molecule has 2 aromatic carbocycles. The first-order valence-corrected chi connectivity index (χ1v) is 12.7. The molecule has 1 N–H and O–H groups in total. The Morgan fingerprint density at radius 1 is 1.12 bits per heavy atom. The predicted molar refractivity (Wildman–Crippen MR) is 140 cm³/mol. The van der Waals surface area contributed by atoms with Crippen molar-refractivity contribution < 1.29 is 9.63 Å². The maximum Gasteiger partial charge on any atom is 0.253 e. The van der Waals surface area contributed by atoms with Crippen LogP contribution in [0.25, 0.3) is 0 Å². The van der Waals surface area contributed by atoms with E-state index < -0.39 is 0 Å². The van der Waals surface area contributed by atoms with Crippen LogP contribution in [0.2, 0.25) is 10.0 Å². The number of carbonyl (C=O) groups excluding carboxylic acids is 1. The Bertz CT molecular complexity index is 971. The minimum absolute atomic E-state index is 0.0242. The highest BCUT2D eigenvalue weighted by molar-refractivity contribution is 6.42. The predicted octanol–water partition coefficient (Wildman–Crippen LogP) is 6.15. The van der Waals surface area contributed by atoms with Gasteiger partial charge in [0, 0.05) is 43.9 Å². The number of amides is 1. The first kappa shape index (κ1) is 26.6. The molecule has 0 saturated carbocycles. The van der Waals surface area contributed by atoms with Crippen LogP contribution in [0.15, 0.2) is 59.8 Å². The molecule has 0 spiro atoms. The van der Waals surface area contributed by atoms with Crippen molar-refractivity contribution in [1.82, 2.24) is 15.3 Å². The van der Waals surface area contributed by atoms with Gasteiger partial charge in [0.1, 0.15) is 0 Å². The van der Waals surface area contributed by atoms with Crippen molar-refractivity contribution in [2.75, 3.05) is 40.3 Å². The number of halogens is 2. The molecule has 1 unspecified atom stereocenters. The van der Waals surface area contributed by atoms with E-state index in [0.29, 0.717) is 22.2 Å².